The first-order chi connectivity index (χ1) is 8.63. The number of hydrogen-bond acceptors (Lipinski definition) is 6. The van der Waals surface area contributed by atoms with Crippen LogP contribution in [0.1, 0.15) is 0 Å². The number of anilines is 1. The third-order valence-corrected chi connectivity index (χ3v) is 2.66. The van der Waals surface area contributed by atoms with Crippen molar-refractivity contribution in [1.29, 1.82) is 0 Å². The van der Waals surface area contributed by atoms with Gasteiger partial charge in [0.1, 0.15) is 0 Å². The molecule has 1 aromatic heterocycles. The second-order valence-electron chi connectivity index (χ2n) is 3.89. The van der Waals surface area contributed by atoms with Crippen LogP contribution in [0.4, 0.5) is 5.95 Å². The van der Waals surface area contributed by atoms with E-state index in [-0.39, 0.29) is 0 Å². The summed E-state index contributed by atoms with van der Waals surface area (Å²) >= 11 is 3.30. The SMILES string of the molecule is COc1nc(NCCOCCN(C)C)ncc1Br. The summed E-state index contributed by atoms with van der Waals surface area (Å²) in [5.41, 5.74) is 0. The van der Waals surface area contributed by atoms with Crippen LogP contribution in [-0.4, -0.2) is 62.4 Å². The summed E-state index contributed by atoms with van der Waals surface area (Å²) in [7, 11) is 5.61. The number of aromatic nitrogens is 2. The molecule has 0 fully saturated rings. The number of nitrogens with zero attached hydrogens (tertiary/aromatic N) is 3. The molecule has 7 heteroatoms. The molecule has 1 rings (SSSR count). The van der Waals surface area contributed by atoms with Gasteiger partial charge in [0.15, 0.2) is 0 Å². The van der Waals surface area contributed by atoms with Gasteiger partial charge in [0.25, 0.3) is 0 Å². The summed E-state index contributed by atoms with van der Waals surface area (Å²) in [6.45, 7) is 2.93. The molecule has 1 N–H and O–H groups in total. The average molecular weight is 319 g/mol. The third kappa shape index (κ3) is 5.61. The van der Waals surface area contributed by atoms with Crippen molar-refractivity contribution < 1.29 is 9.47 Å². The molecule has 102 valence electrons. The molecule has 0 aliphatic rings. The number of likely N-dealkylation sites (N-methyl/N-ethyl adjacent to an activating group) is 1. The van der Waals surface area contributed by atoms with Crippen LogP contribution in [0.3, 0.4) is 0 Å². The van der Waals surface area contributed by atoms with Gasteiger partial charge in [-0.2, -0.15) is 4.98 Å². The molecule has 0 aliphatic heterocycles. The average Bonchev–Trinajstić information content (AvgIpc) is 2.35. The highest BCUT2D eigenvalue weighted by atomic mass is 79.9. The van der Waals surface area contributed by atoms with Crippen molar-refractivity contribution in [1.82, 2.24) is 14.9 Å². The van der Waals surface area contributed by atoms with Crippen LogP contribution in [0.25, 0.3) is 0 Å². The molecule has 0 saturated carbocycles. The predicted molar refractivity (Wildman–Crippen MR) is 74.1 cm³/mol. The summed E-state index contributed by atoms with van der Waals surface area (Å²) in [6.07, 6.45) is 1.65. The van der Waals surface area contributed by atoms with Gasteiger partial charge in [0.2, 0.25) is 11.8 Å². The highest BCUT2D eigenvalue weighted by Crippen LogP contribution is 2.21. The predicted octanol–water partition coefficient (Wildman–Crippen LogP) is 1.24. The maximum Gasteiger partial charge on any atom is 0.232 e. The first kappa shape index (κ1) is 15.1. The normalized spacial score (nSPS) is 10.7. The first-order valence-corrected chi connectivity index (χ1v) is 6.45. The number of rotatable bonds is 8. The van der Waals surface area contributed by atoms with E-state index in [1.165, 1.54) is 0 Å². The van der Waals surface area contributed by atoms with E-state index in [1.54, 1.807) is 13.3 Å². The van der Waals surface area contributed by atoms with Gasteiger partial charge in [-0.1, -0.05) is 0 Å². The lowest BCUT2D eigenvalue weighted by Gasteiger charge is -2.10. The molecule has 0 aliphatic carbocycles. The van der Waals surface area contributed by atoms with E-state index in [1.807, 2.05) is 14.1 Å². The topological polar surface area (TPSA) is 59.5 Å². The lowest BCUT2D eigenvalue weighted by atomic mass is 10.6. The minimum atomic E-state index is 0.515. The van der Waals surface area contributed by atoms with Crippen LogP contribution in [0.5, 0.6) is 5.88 Å². The fraction of sp³-hybridized carbons (Fsp3) is 0.636. The van der Waals surface area contributed by atoms with E-state index in [0.717, 1.165) is 17.6 Å². The second kappa shape index (κ2) is 8.23. The van der Waals surface area contributed by atoms with Crippen molar-refractivity contribution >= 4 is 21.9 Å². The van der Waals surface area contributed by atoms with Crippen molar-refractivity contribution in [2.24, 2.45) is 0 Å². The quantitative estimate of drug-likeness (QED) is 0.728. The molecule has 6 nitrogen and oxygen atoms in total. The zero-order chi connectivity index (χ0) is 13.4. The van der Waals surface area contributed by atoms with Crippen molar-refractivity contribution in [3.05, 3.63) is 10.7 Å². The van der Waals surface area contributed by atoms with Gasteiger partial charge in [-0.15, -0.1) is 0 Å². The number of halogens is 1. The minimum Gasteiger partial charge on any atom is -0.480 e. The monoisotopic (exact) mass is 318 g/mol. The highest BCUT2D eigenvalue weighted by Gasteiger charge is 2.04. The lowest BCUT2D eigenvalue weighted by molar-refractivity contribution is 0.126. The Bertz CT molecular complexity index is 363. The Kier molecular flexibility index (Phi) is 6.92. The van der Waals surface area contributed by atoms with Gasteiger partial charge in [-0.05, 0) is 30.0 Å². The Labute approximate surface area is 116 Å². The summed E-state index contributed by atoms with van der Waals surface area (Å²) in [4.78, 5) is 10.4. The third-order valence-electron chi connectivity index (χ3n) is 2.12. The number of ether oxygens (including phenoxy) is 2. The highest BCUT2D eigenvalue weighted by molar-refractivity contribution is 9.10. The van der Waals surface area contributed by atoms with Gasteiger partial charge in [0.05, 0.1) is 31.0 Å². The van der Waals surface area contributed by atoms with Crippen molar-refractivity contribution in [2.45, 2.75) is 0 Å². The summed E-state index contributed by atoms with van der Waals surface area (Å²) in [5.74, 6) is 1.05. The van der Waals surface area contributed by atoms with Gasteiger partial charge in [0, 0.05) is 13.1 Å². The lowest BCUT2D eigenvalue weighted by Crippen LogP contribution is -2.20. The molecule has 0 amide bonds. The number of methoxy groups -OCH3 is 1. The van der Waals surface area contributed by atoms with E-state index >= 15 is 0 Å². The van der Waals surface area contributed by atoms with E-state index in [4.69, 9.17) is 9.47 Å². The van der Waals surface area contributed by atoms with Crippen LogP contribution in [-0.2, 0) is 4.74 Å². The minimum absolute atomic E-state index is 0.515. The molecule has 0 unspecified atom stereocenters. The summed E-state index contributed by atoms with van der Waals surface area (Å²) < 4.78 is 11.3. The molecular formula is C11H19BrN4O2. The Balaban J connectivity index is 2.23. The van der Waals surface area contributed by atoms with E-state index in [0.29, 0.717) is 25.0 Å². The Hall–Kier alpha value is -0.920. The molecule has 18 heavy (non-hydrogen) atoms. The van der Waals surface area contributed by atoms with Crippen LogP contribution < -0.4 is 10.1 Å². The zero-order valence-electron chi connectivity index (χ0n) is 10.9. The molecule has 0 aromatic carbocycles. The van der Waals surface area contributed by atoms with Gasteiger partial charge >= 0.3 is 0 Å². The van der Waals surface area contributed by atoms with E-state index in [9.17, 15) is 0 Å². The van der Waals surface area contributed by atoms with Crippen LogP contribution in [0.2, 0.25) is 0 Å². The first-order valence-electron chi connectivity index (χ1n) is 5.66. The van der Waals surface area contributed by atoms with Gasteiger partial charge in [-0.25, -0.2) is 4.98 Å². The standard InChI is InChI=1S/C11H19BrN4O2/c1-16(2)5-7-18-6-4-13-11-14-8-9(12)10(15-11)17-3/h8H,4-7H2,1-3H3,(H,13,14,15). The van der Waals surface area contributed by atoms with E-state index in [2.05, 4.69) is 36.1 Å². The number of hydrogen-bond donors (Lipinski definition) is 1. The molecule has 0 bridgehead atoms. The van der Waals surface area contributed by atoms with Crippen LogP contribution in [0.15, 0.2) is 10.7 Å². The van der Waals surface area contributed by atoms with Crippen molar-refractivity contribution in [3.63, 3.8) is 0 Å². The molecule has 1 aromatic rings. The number of nitrogens with one attached hydrogen (secondary N) is 1. The van der Waals surface area contributed by atoms with Crippen molar-refractivity contribution in [3.8, 4) is 5.88 Å². The molecule has 0 radical (unpaired) electrons. The fourth-order valence-corrected chi connectivity index (χ4v) is 1.52. The maximum atomic E-state index is 5.45. The largest absolute Gasteiger partial charge is 0.480 e. The molecule has 0 atom stereocenters. The molecular weight excluding hydrogens is 300 g/mol. The Morgan fingerprint density at radius 2 is 2.17 bits per heavy atom. The second-order valence-corrected chi connectivity index (χ2v) is 4.75. The summed E-state index contributed by atoms with van der Waals surface area (Å²) in [5, 5.41) is 3.07. The molecule has 1 heterocycles. The smallest absolute Gasteiger partial charge is 0.232 e. The maximum absolute atomic E-state index is 5.45. The van der Waals surface area contributed by atoms with Gasteiger partial charge < -0.3 is 19.7 Å². The summed E-state index contributed by atoms with van der Waals surface area (Å²) in [6, 6.07) is 0. The fourth-order valence-electron chi connectivity index (χ4n) is 1.16. The molecule has 0 spiro atoms. The van der Waals surface area contributed by atoms with E-state index < -0.39 is 0 Å². The van der Waals surface area contributed by atoms with Gasteiger partial charge in [-0.3, -0.25) is 0 Å². The van der Waals surface area contributed by atoms with Crippen LogP contribution in [0, 0.1) is 0 Å². The Morgan fingerprint density at radius 3 is 2.83 bits per heavy atom. The van der Waals surface area contributed by atoms with Crippen LogP contribution >= 0.6 is 15.9 Å². The Morgan fingerprint density at radius 1 is 1.39 bits per heavy atom. The van der Waals surface area contributed by atoms with Crippen molar-refractivity contribution in [2.75, 3.05) is 52.8 Å². The molecule has 0 saturated heterocycles. The zero-order valence-corrected chi connectivity index (χ0v) is 12.5.